The van der Waals surface area contributed by atoms with Crippen LogP contribution in [0.25, 0.3) is 0 Å². The van der Waals surface area contributed by atoms with Gasteiger partial charge in [-0.05, 0) is 31.0 Å². The third-order valence-corrected chi connectivity index (χ3v) is 12.8. The SMILES string of the molecule is CP(=O)(c1ccccc1)[C@@H]1[C@@H](c2ccccc2)N(c2ccccc2)O[C@H]1P(C)(=O)c1ccccc1. The van der Waals surface area contributed by atoms with E-state index in [1.165, 1.54) is 0 Å². The molecule has 1 heterocycles. The van der Waals surface area contributed by atoms with E-state index in [0.29, 0.717) is 0 Å². The van der Waals surface area contributed by atoms with Gasteiger partial charge in [0.05, 0.1) is 17.4 Å². The van der Waals surface area contributed by atoms with Gasteiger partial charge in [0.1, 0.15) is 14.3 Å². The third-order valence-electron chi connectivity index (χ3n) is 6.83. The molecule has 5 atom stereocenters. The van der Waals surface area contributed by atoms with E-state index >= 15 is 0 Å². The van der Waals surface area contributed by atoms with Crippen molar-refractivity contribution in [3.8, 4) is 0 Å². The van der Waals surface area contributed by atoms with Crippen LogP contribution in [0.4, 0.5) is 5.69 Å². The number of nitrogens with zero attached hydrogens (tertiary/aromatic N) is 1. The summed E-state index contributed by atoms with van der Waals surface area (Å²) in [5.74, 6) is -0.758. The number of hydrogen-bond donors (Lipinski definition) is 0. The molecule has 35 heavy (non-hydrogen) atoms. The molecule has 0 bridgehead atoms. The van der Waals surface area contributed by atoms with Gasteiger partial charge in [0.25, 0.3) is 0 Å². The Bertz CT molecular complexity index is 1360. The summed E-state index contributed by atoms with van der Waals surface area (Å²) in [6.07, 6.45) is 0. The van der Waals surface area contributed by atoms with E-state index in [-0.39, 0.29) is 6.04 Å². The van der Waals surface area contributed by atoms with Crippen LogP contribution < -0.4 is 15.7 Å². The standard InChI is InChI=1S/C29H29NO3P2/c1-34(31,25-19-11-5-12-20-25)28-27(23-15-7-3-8-16-23)30(24-17-9-4-10-18-24)33-29(28)35(2,32)26-21-13-6-14-22-26/h3-22,27-29H,1-2H3/t27-,28-,29+,34?,35?/m1/s1. The summed E-state index contributed by atoms with van der Waals surface area (Å²) in [4.78, 5) is 6.65. The second kappa shape index (κ2) is 9.63. The summed E-state index contributed by atoms with van der Waals surface area (Å²) in [5, 5.41) is 3.33. The van der Waals surface area contributed by atoms with Gasteiger partial charge in [0.15, 0.2) is 5.85 Å². The molecule has 0 radical (unpaired) electrons. The van der Waals surface area contributed by atoms with Gasteiger partial charge in [-0.1, -0.05) is 109 Å². The van der Waals surface area contributed by atoms with Crippen LogP contribution in [-0.2, 0) is 14.0 Å². The highest BCUT2D eigenvalue weighted by molar-refractivity contribution is 7.75. The Balaban J connectivity index is 1.74. The first-order valence-electron chi connectivity index (χ1n) is 11.7. The van der Waals surface area contributed by atoms with Crippen molar-refractivity contribution in [2.45, 2.75) is 17.5 Å². The van der Waals surface area contributed by atoms with Crippen LogP contribution in [-0.4, -0.2) is 24.8 Å². The molecule has 1 aliphatic heterocycles. The predicted molar refractivity (Wildman–Crippen MR) is 146 cm³/mol. The average Bonchev–Trinajstić information content (AvgIpc) is 3.33. The van der Waals surface area contributed by atoms with Gasteiger partial charge >= 0.3 is 0 Å². The zero-order valence-electron chi connectivity index (χ0n) is 19.8. The van der Waals surface area contributed by atoms with Crippen LogP contribution in [0.15, 0.2) is 121 Å². The first-order valence-corrected chi connectivity index (χ1v) is 16.2. The molecule has 178 valence electrons. The van der Waals surface area contributed by atoms with Gasteiger partial charge in [0.2, 0.25) is 0 Å². The van der Waals surface area contributed by atoms with E-state index in [9.17, 15) is 9.13 Å². The minimum absolute atomic E-state index is 0.378. The zero-order valence-corrected chi connectivity index (χ0v) is 21.6. The lowest BCUT2D eigenvalue weighted by atomic mass is 10.0. The molecule has 4 nitrogen and oxygen atoms in total. The average molecular weight is 502 g/mol. The Hall–Kier alpha value is -2.90. The summed E-state index contributed by atoms with van der Waals surface area (Å²) >= 11 is 0. The van der Waals surface area contributed by atoms with E-state index in [1.54, 1.807) is 6.66 Å². The number of benzene rings is 4. The lowest BCUT2D eigenvalue weighted by Crippen LogP contribution is -2.33. The maximum absolute atomic E-state index is 14.8. The van der Waals surface area contributed by atoms with Gasteiger partial charge in [-0.3, -0.25) is 4.84 Å². The normalized spacial score (nSPS) is 23.4. The minimum Gasteiger partial charge on any atom is -0.318 e. The lowest BCUT2D eigenvalue weighted by molar-refractivity contribution is 0.131. The molecule has 4 aromatic rings. The molecule has 5 rings (SSSR count). The molecule has 4 aromatic carbocycles. The van der Waals surface area contributed by atoms with Gasteiger partial charge in [-0.2, -0.15) is 0 Å². The summed E-state index contributed by atoms with van der Waals surface area (Å²) in [6.45, 7) is 3.58. The minimum atomic E-state index is -3.12. The van der Waals surface area contributed by atoms with Gasteiger partial charge in [0, 0.05) is 10.6 Å². The molecular weight excluding hydrogens is 472 g/mol. The summed E-state index contributed by atoms with van der Waals surface area (Å²) in [5.41, 5.74) is 1.30. The summed E-state index contributed by atoms with van der Waals surface area (Å²) < 4.78 is 29.4. The van der Waals surface area contributed by atoms with Crippen molar-refractivity contribution in [1.29, 1.82) is 0 Å². The fourth-order valence-corrected chi connectivity index (χ4v) is 11.1. The molecule has 1 saturated heterocycles. The van der Waals surface area contributed by atoms with E-state index in [4.69, 9.17) is 4.84 Å². The number of rotatable bonds is 6. The van der Waals surface area contributed by atoms with E-state index < -0.39 is 25.8 Å². The van der Waals surface area contributed by atoms with Crippen molar-refractivity contribution < 1.29 is 14.0 Å². The summed E-state index contributed by atoms with van der Waals surface area (Å²) in [7, 11) is -6.20. The topological polar surface area (TPSA) is 46.6 Å². The molecule has 0 N–H and O–H groups in total. The van der Waals surface area contributed by atoms with Crippen molar-refractivity contribution in [2.24, 2.45) is 0 Å². The van der Waals surface area contributed by atoms with Crippen LogP contribution in [0.1, 0.15) is 11.6 Å². The second-order valence-corrected chi connectivity index (χ2v) is 15.3. The van der Waals surface area contributed by atoms with Gasteiger partial charge in [-0.25, -0.2) is 5.06 Å². The molecule has 0 aromatic heterocycles. The molecule has 0 spiro atoms. The maximum atomic E-state index is 14.8. The third kappa shape index (κ3) is 4.43. The summed E-state index contributed by atoms with van der Waals surface area (Å²) in [6, 6.07) is 38.4. The van der Waals surface area contributed by atoms with E-state index in [1.807, 2.05) is 133 Å². The number of anilines is 1. The van der Waals surface area contributed by atoms with Crippen LogP contribution in [0.2, 0.25) is 0 Å². The Morgan fingerprint density at radius 1 is 0.600 bits per heavy atom. The highest BCUT2D eigenvalue weighted by Gasteiger charge is 2.57. The first kappa shape index (κ1) is 23.8. The van der Waals surface area contributed by atoms with Gasteiger partial charge < -0.3 is 9.13 Å². The quantitative estimate of drug-likeness (QED) is 0.283. The Kier molecular flexibility index (Phi) is 6.55. The van der Waals surface area contributed by atoms with Crippen LogP contribution in [0, 0.1) is 0 Å². The van der Waals surface area contributed by atoms with E-state index in [0.717, 1.165) is 21.9 Å². The number of hydroxylamine groups is 1. The molecule has 0 saturated carbocycles. The smallest absolute Gasteiger partial charge is 0.154 e. The molecule has 1 fully saturated rings. The lowest BCUT2D eigenvalue weighted by Gasteiger charge is -2.32. The monoisotopic (exact) mass is 501 g/mol. The number of para-hydroxylation sites is 1. The van der Waals surface area contributed by atoms with Crippen molar-refractivity contribution in [3.63, 3.8) is 0 Å². The molecule has 1 aliphatic rings. The first-order chi connectivity index (χ1) is 16.9. The Morgan fingerprint density at radius 3 is 1.54 bits per heavy atom. The molecule has 0 amide bonds. The van der Waals surface area contributed by atoms with Crippen LogP contribution in [0.5, 0.6) is 0 Å². The molecule has 0 aliphatic carbocycles. The fourth-order valence-electron chi connectivity index (χ4n) is 4.98. The zero-order chi connectivity index (χ0) is 24.5. The molecular formula is C29H29NO3P2. The molecule has 6 heteroatoms. The van der Waals surface area contributed by atoms with E-state index in [2.05, 4.69) is 0 Å². The maximum Gasteiger partial charge on any atom is 0.154 e. The predicted octanol–water partition coefficient (Wildman–Crippen LogP) is 6.51. The fraction of sp³-hybridized carbons (Fsp3) is 0.172. The van der Waals surface area contributed by atoms with Crippen molar-refractivity contribution in [1.82, 2.24) is 0 Å². The van der Waals surface area contributed by atoms with Crippen molar-refractivity contribution in [2.75, 3.05) is 18.4 Å². The van der Waals surface area contributed by atoms with Gasteiger partial charge in [-0.15, -0.1) is 0 Å². The van der Waals surface area contributed by atoms with Crippen LogP contribution in [0.3, 0.4) is 0 Å². The highest BCUT2D eigenvalue weighted by atomic mass is 31.2. The second-order valence-electron chi connectivity index (χ2n) is 9.15. The largest absolute Gasteiger partial charge is 0.318 e. The van der Waals surface area contributed by atoms with Crippen LogP contribution >= 0.6 is 14.3 Å². The Morgan fingerprint density at radius 2 is 1.03 bits per heavy atom. The van der Waals surface area contributed by atoms with Crippen molar-refractivity contribution >= 4 is 30.6 Å². The van der Waals surface area contributed by atoms with Crippen molar-refractivity contribution in [3.05, 3.63) is 127 Å². The number of hydrogen-bond acceptors (Lipinski definition) is 4. The highest BCUT2D eigenvalue weighted by Crippen LogP contribution is 2.66. The Labute approximate surface area is 207 Å². The molecule has 2 unspecified atom stereocenters.